The monoisotopic (exact) mass is 271 g/mol. The summed E-state index contributed by atoms with van der Waals surface area (Å²) in [4.78, 5) is 14.3. The van der Waals surface area contributed by atoms with E-state index >= 15 is 0 Å². The van der Waals surface area contributed by atoms with E-state index in [1.807, 2.05) is 6.92 Å². The fourth-order valence-electron chi connectivity index (χ4n) is 2.61. The Balaban J connectivity index is 2.22. The van der Waals surface area contributed by atoms with E-state index in [0.717, 1.165) is 38.4 Å². The second-order valence-electron chi connectivity index (χ2n) is 5.37. The van der Waals surface area contributed by atoms with Crippen LogP contribution in [0.5, 0.6) is 0 Å². The van der Waals surface area contributed by atoms with Gasteiger partial charge in [0.1, 0.15) is 0 Å². The molecule has 112 valence electrons. The van der Waals surface area contributed by atoms with Gasteiger partial charge in [-0.2, -0.15) is 0 Å². The van der Waals surface area contributed by atoms with Crippen LogP contribution in [0.3, 0.4) is 0 Å². The van der Waals surface area contributed by atoms with Gasteiger partial charge in [-0.3, -0.25) is 9.69 Å². The van der Waals surface area contributed by atoms with E-state index in [2.05, 4.69) is 10.2 Å². The number of hydrogen-bond donors (Lipinski definition) is 2. The molecule has 1 fully saturated rings. The van der Waals surface area contributed by atoms with Crippen LogP contribution in [-0.4, -0.2) is 56.7 Å². The van der Waals surface area contributed by atoms with Crippen LogP contribution < -0.4 is 11.1 Å². The number of ether oxygens (including phenoxy) is 1. The van der Waals surface area contributed by atoms with Crippen molar-refractivity contribution in [1.82, 2.24) is 10.2 Å². The smallest absolute Gasteiger partial charge is 0.237 e. The lowest BCUT2D eigenvalue weighted by molar-refractivity contribution is -0.126. The molecule has 1 amide bonds. The van der Waals surface area contributed by atoms with Gasteiger partial charge in [0, 0.05) is 20.3 Å². The third-order valence-corrected chi connectivity index (χ3v) is 3.98. The fourth-order valence-corrected chi connectivity index (χ4v) is 2.61. The van der Waals surface area contributed by atoms with Gasteiger partial charge in [-0.05, 0) is 58.2 Å². The van der Waals surface area contributed by atoms with Gasteiger partial charge in [-0.15, -0.1) is 0 Å². The highest BCUT2D eigenvalue weighted by molar-refractivity contribution is 5.81. The van der Waals surface area contributed by atoms with Gasteiger partial charge in [0.15, 0.2) is 0 Å². The molecular weight excluding hydrogens is 242 g/mol. The quantitative estimate of drug-likeness (QED) is 0.634. The SMILES string of the molecule is COCCCNC(=O)C(C)N1CCC(CCN)CC1. The van der Waals surface area contributed by atoms with E-state index in [4.69, 9.17) is 10.5 Å². The van der Waals surface area contributed by atoms with Crippen LogP contribution in [0.1, 0.15) is 32.6 Å². The molecule has 0 aromatic heterocycles. The Kier molecular flexibility index (Phi) is 8.02. The maximum atomic E-state index is 12.0. The van der Waals surface area contributed by atoms with E-state index in [0.29, 0.717) is 13.2 Å². The number of carbonyl (C=O) groups is 1. The van der Waals surface area contributed by atoms with Crippen molar-refractivity contribution in [2.24, 2.45) is 11.7 Å². The minimum atomic E-state index is -0.0265. The summed E-state index contributed by atoms with van der Waals surface area (Å²) in [5, 5.41) is 2.97. The molecule has 1 atom stereocenters. The lowest BCUT2D eigenvalue weighted by atomic mass is 9.93. The van der Waals surface area contributed by atoms with Gasteiger partial charge < -0.3 is 15.8 Å². The predicted octanol–water partition coefficient (Wildman–Crippen LogP) is 0.588. The average Bonchev–Trinajstić information content (AvgIpc) is 2.44. The Bertz CT molecular complexity index is 253. The van der Waals surface area contributed by atoms with Gasteiger partial charge in [0.2, 0.25) is 5.91 Å². The number of carbonyl (C=O) groups excluding carboxylic acids is 1. The largest absolute Gasteiger partial charge is 0.385 e. The molecule has 0 radical (unpaired) electrons. The van der Waals surface area contributed by atoms with Gasteiger partial charge >= 0.3 is 0 Å². The van der Waals surface area contributed by atoms with Crippen LogP contribution in [-0.2, 0) is 9.53 Å². The first-order valence-electron chi connectivity index (χ1n) is 7.39. The van der Waals surface area contributed by atoms with Crippen molar-refractivity contribution in [3.8, 4) is 0 Å². The first-order valence-corrected chi connectivity index (χ1v) is 7.39. The highest BCUT2D eigenvalue weighted by atomic mass is 16.5. The van der Waals surface area contributed by atoms with Crippen molar-refractivity contribution in [2.45, 2.75) is 38.6 Å². The van der Waals surface area contributed by atoms with E-state index in [1.165, 1.54) is 12.8 Å². The summed E-state index contributed by atoms with van der Waals surface area (Å²) in [7, 11) is 1.68. The van der Waals surface area contributed by atoms with Crippen LogP contribution in [0.4, 0.5) is 0 Å². The summed E-state index contributed by atoms with van der Waals surface area (Å²) >= 11 is 0. The third kappa shape index (κ3) is 5.89. The first kappa shape index (κ1) is 16.4. The molecule has 0 spiro atoms. The Morgan fingerprint density at radius 2 is 2.16 bits per heavy atom. The zero-order valence-corrected chi connectivity index (χ0v) is 12.4. The molecule has 0 aliphatic carbocycles. The van der Waals surface area contributed by atoms with Crippen LogP contribution >= 0.6 is 0 Å². The molecule has 1 aliphatic rings. The van der Waals surface area contributed by atoms with E-state index < -0.39 is 0 Å². The molecule has 5 heteroatoms. The van der Waals surface area contributed by atoms with Gasteiger partial charge in [0.05, 0.1) is 6.04 Å². The molecule has 1 unspecified atom stereocenters. The molecule has 0 aromatic carbocycles. The highest BCUT2D eigenvalue weighted by Gasteiger charge is 2.25. The molecule has 0 aromatic rings. The molecule has 0 saturated carbocycles. The molecule has 1 rings (SSSR count). The average molecular weight is 271 g/mol. The Morgan fingerprint density at radius 1 is 1.47 bits per heavy atom. The zero-order chi connectivity index (χ0) is 14.1. The van der Waals surface area contributed by atoms with Crippen molar-refractivity contribution in [3.05, 3.63) is 0 Å². The summed E-state index contributed by atoms with van der Waals surface area (Å²) in [6, 6.07) is -0.0265. The number of likely N-dealkylation sites (tertiary alicyclic amines) is 1. The summed E-state index contributed by atoms with van der Waals surface area (Å²) in [6.07, 6.45) is 4.32. The third-order valence-electron chi connectivity index (χ3n) is 3.98. The van der Waals surface area contributed by atoms with Crippen molar-refractivity contribution < 1.29 is 9.53 Å². The number of rotatable bonds is 8. The molecule has 1 saturated heterocycles. The topological polar surface area (TPSA) is 67.6 Å². The second kappa shape index (κ2) is 9.28. The van der Waals surface area contributed by atoms with Crippen molar-refractivity contribution in [2.75, 3.05) is 39.9 Å². The fraction of sp³-hybridized carbons (Fsp3) is 0.929. The molecular formula is C14H29N3O2. The predicted molar refractivity (Wildman–Crippen MR) is 76.9 cm³/mol. The number of amides is 1. The van der Waals surface area contributed by atoms with Crippen LogP contribution in [0.2, 0.25) is 0 Å². The minimum absolute atomic E-state index is 0.0265. The molecule has 5 nitrogen and oxygen atoms in total. The lowest BCUT2D eigenvalue weighted by Gasteiger charge is -2.35. The van der Waals surface area contributed by atoms with Crippen LogP contribution in [0.25, 0.3) is 0 Å². The highest BCUT2D eigenvalue weighted by Crippen LogP contribution is 2.21. The van der Waals surface area contributed by atoms with Crippen molar-refractivity contribution in [1.29, 1.82) is 0 Å². The summed E-state index contributed by atoms with van der Waals surface area (Å²) < 4.78 is 4.96. The Labute approximate surface area is 116 Å². The van der Waals surface area contributed by atoms with Crippen molar-refractivity contribution in [3.63, 3.8) is 0 Å². The normalized spacial score (nSPS) is 19.3. The molecule has 3 N–H and O–H groups in total. The number of nitrogens with two attached hydrogens (primary N) is 1. The summed E-state index contributed by atoms with van der Waals surface area (Å²) in [5.41, 5.74) is 5.59. The lowest BCUT2D eigenvalue weighted by Crippen LogP contribution is -2.48. The second-order valence-corrected chi connectivity index (χ2v) is 5.37. The van der Waals surface area contributed by atoms with Crippen LogP contribution in [0.15, 0.2) is 0 Å². The number of piperidine rings is 1. The number of methoxy groups -OCH3 is 1. The van der Waals surface area contributed by atoms with E-state index in [9.17, 15) is 4.79 Å². The standard InChI is InChI=1S/C14H29N3O2/c1-12(14(18)16-8-3-11-19-2)17-9-5-13(4-7-15)6-10-17/h12-13H,3-11,15H2,1-2H3,(H,16,18). The Hall–Kier alpha value is -0.650. The van der Waals surface area contributed by atoms with Crippen molar-refractivity contribution >= 4 is 5.91 Å². The molecule has 19 heavy (non-hydrogen) atoms. The molecule has 1 aliphatic heterocycles. The van der Waals surface area contributed by atoms with Gasteiger partial charge in [0.25, 0.3) is 0 Å². The molecule has 0 bridgehead atoms. The van der Waals surface area contributed by atoms with Crippen LogP contribution in [0, 0.1) is 5.92 Å². The van der Waals surface area contributed by atoms with E-state index in [1.54, 1.807) is 7.11 Å². The maximum absolute atomic E-state index is 12.0. The number of nitrogens with zero attached hydrogens (tertiary/aromatic N) is 1. The first-order chi connectivity index (χ1) is 9.19. The maximum Gasteiger partial charge on any atom is 0.237 e. The number of nitrogens with one attached hydrogen (secondary N) is 1. The van der Waals surface area contributed by atoms with Gasteiger partial charge in [-0.25, -0.2) is 0 Å². The number of hydrogen-bond acceptors (Lipinski definition) is 4. The summed E-state index contributed by atoms with van der Waals surface area (Å²) in [6.45, 7) is 6.18. The van der Waals surface area contributed by atoms with Gasteiger partial charge in [-0.1, -0.05) is 0 Å². The summed E-state index contributed by atoms with van der Waals surface area (Å²) in [5.74, 6) is 0.881. The van der Waals surface area contributed by atoms with E-state index in [-0.39, 0.29) is 11.9 Å². The minimum Gasteiger partial charge on any atom is -0.385 e. The Morgan fingerprint density at radius 3 is 2.74 bits per heavy atom. The zero-order valence-electron chi connectivity index (χ0n) is 12.4. The molecule has 1 heterocycles.